The van der Waals surface area contributed by atoms with Crippen LogP contribution in [-0.4, -0.2) is 34.0 Å². The van der Waals surface area contributed by atoms with Crippen LogP contribution in [0.5, 0.6) is 0 Å². The lowest BCUT2D eigenvalue weighted by molar-refractivity contribution is -0.138. The van der Waals surface area contributed by atoms with Crippen molar-refractivity contribution >= 4 is 11.6 Å². The average Bonchev–Trinajstić information content (AvgIpc) is 2.98. The van der Waals surface area contributed by atoms with Gasteiger partial charge < -0.3 is 10.2 Å². The first-order valence-corrected chi connectivity index (χ1v) is 9.61. The Hall–Kier alpha value is -1.00. The van der Waals surface area contributed by atoms with E-state index < -0.39 is 11.0 Å². The molecular weight excluding hydrogens is 316 g/mol. The van der Waals surface area contributed by atoms with E-state index in [0.717, 1.165) is 19.3 Å². The summed E-state index contributed by atoms with van der Waals surface area (Å²) >= 11 is 0. The van der Waals surface area contributed by atoms with Gasteiger partial charge in [-0.15, -0.1) is 0 Å². The molecule has 140 valence electrons. The van der Waals surface area contributed by atoms with Gasteiger partial charge in [0.25, 0.3) is 0 Å². The van der Waals surface area contributed by atoms with Gasteiger partial charge in [-0.05, 0) is 42.9 Å². The molecule has 4 nitrogen and oxygen atoms in total. The number of fused-ring (bicyclic) bond motifs is 2. The molecule has 2 saturated carbocycles. The third-order valence-corrected chi connectivity index (χ3v) is 7.39. The van der Waals surface area contributed by atoms with Gasteiger partial charge in [0.05, 0.1) is 6.61 Å². The number of aliphatic hydroxyl groups excluding tert-OH is 1. The topological polar surface area (TPSA) is 74.6 Å². The molecule has 2 N–H and O–H groups in total. The molecule has 0 aromatic rings. The molecule has 0 aromatic carbocycles. The van der Waals surface area contributed by atoms with Crippen molar-refractivity contribution in [1.29, 1.82) is 0 Å². The minimum Gasteiger partial charge on any atom is -0.395 e. The van der Waals surface area contributed by atoms with E-state index in [1.807, 2.05) is 13.8 Å². The fraction of sp³-hybridized carbons (Fsp3) is 0.810. The molecule has 2 unspecified atom stereocenters. The van der Waals surface area contributed by atoms with Crippen molar-refractivity contribution in [3.63, 3.8) is 0 Å². The minimum absolute atomic E-state index is 0.0875. The largest absolute Gasteiger partial charge is 0.395 e. The summed E-state index contributed by atoms with van der Waals surface area (Å²) in [6, 6.07) is 0. The second-order valence-corrected chi connectivity index (χ2v) is 9.77. The zero-order valence-electron chi connectivity index (χ0n) is 16.1. The molecule has 4 heteroatoms. The third-order valence-electron chi connectivity index (χ3n) is 7.39. The molecule has 0 aromatic heterocycles. The lowest BCUT2D eigenvalue weighted by Gasteiger charge is -2.30. The van der Waals surface area contributed by atoms with E-state index in [9.17, 15) is 19.8 Å². The van der Waals surface area contributed by atoms with Crippen LogP contribution < -0.4 is 0 Å². The fourth-order valence-electron chi connectivity index (χ4n) is 5.36. The van der Waals surface area contributed by atoms with E-state index >= 15 is 0 Å². The average molecular weight is 348 g/mol. The first kappa shape index (κ1) is 18.8. The Kier molecular flexibility index (Phi) is 4.32. The summed E-state index contributed by atoms with van der Waals surface area (Å²) in [7, 11) is 0. The van der Waals surface area contributed by atoms with Gasteiger partial charge in [-0.1, -0.05) is 40.7 Å². The molecular formula is C21H32O4. The Morgan fingerprint density at radius 3 is 2.36 bits per heavy atom. The Bertz CT molecular complexity index is 634. The molecule has 2 fully saturated rings. The Morgan fingerprint density at radius 1 is 1.12 bits per heavy atom. The van der Waals surface area contributed by atoms with Gasteiger partial charge in [0.2, 0.25) is 0 Å². The maximum absolute atomic E-state index is 13.1. The van der Waals surface area contributed by atoms with Gasteiger partial charge in [0, 0.05) is 22.8 Å². The molecule has 0 radical (unpaired) electrons. The minimum atomic E-state index is -1.69. The van der Waals surface area contributed by atoms with Crippen molar-refractivity contribution in [2.75, 3.05) is 6.61 Å². The summed E-state index contributed by atoms with van der Waals surface area (Å²) in [5.74, 6) is 0.0125. The normalized spacial score (nSPS) is 48.8. The van der Waals surface area contributed by atoms with Crippen molar-refractivity contribution in [2.45, 2.75) is 65.9 Å². The predicted molar refractivity (Wildman–Crippen MR) is 95.8 cm³/mol. The maximum atomic E-state index is 13.1. The molecule has 6 atom stereocenters. The molecule has 0 amide bonds. The smallest absolute Gasteiger partial charge is 0.171 e. The van der Waals surface area contributed by atoms with Crippen molar-refractivity contribution in [3.8, 4) is 0 Å². The second kappa shape index (κ2) is 5.75. The molecule has 25 heavy (non-hydrogen) atoms. The summed E-state index contributed by atoms with van der Waals surface area (Å²) in [5, 5.41) is 21.2. The Morgan fingerprint density at radius 2 is 1.76 bits per heavy atom. The van der Waals surface area contributed by atoms with Crippen LogP contribution in [0.25, 0.3) is 0 Å². The first-order chi connectivity index (χ1) is 11.5. The number of aliphatic hydroxyl groups is 2. The number of carbonyl (C=O) groups excluding carboxylic acids is 2. The molecule has 0 bridgehead atoms. The van der Waals surface area contributed by atoms with E-state index in [1.165, 1.54) is 0 Å². The molecule has 0 saturated heterocycles. The zero-order chi connectivity index (χ0) is 18.8. The highest BCUT2D eigenvalue weighted by molar-refractivity contribution is 6.10. The van der Waals surface area contributed by atoms with Gasteiger partial charge in [-0.2, -0.15) is 0 Å². The van der Waals surface area contributed by atoms with Gasteiger partial charge in [0.1, 0.15) is 0 Å². The van der Waals surface area contributed by atoms with Gasteiger partial charge in [-0.25, -0.2) is 0 Å². The van der Waals surface area contributed by atoms with Crippen molar-refractivity contribution < 1.29 is 19.8 Å². The number of carbonyl (C=O) groups is 2. The van der Waals surface area contributed by atoms with E-state index in [1.54, 1.807) is 13.0 Å². The summed E-state index contributed by atoms with van der Waals surface area (Å²) in [6.45, 7) is 9.99. The maximum Gasteiger partial charge on any atom is 0.171 e. The zero-order valence-corrected chi connectivity index (χ0v) is 16.1. The second-order valence-electron chi connectivity index (χ2n) is 9.77. The van der Waals surface area contributed by atoms with Crippen LogP contribution in [-0.2, 0) is 9.59 Å². The van der Waals surface area contributed by atoms with Crippen molar-refractivity contribution in [2.24, 2.45) is 34.5 Å². The quantitative estimate of drug-likeness (QED) is 0.764. The van der Waals surface area contributed by atoms with Crippen LogP contribution in [0.15, 0.2) is 11.6 Å². The predicted octanol–water partition coefficient (Wildman–Crippen LogP) is 2.91. The SMILES string of the molecule is CC1C[C@@]2(O)C(=O)[C@H](C)CC3[C@H](CC[C@](C)(CO)/C=C\2C1=O)C3(C)C. The van der Waals surface area contributed by atoms with Gasteiger partial charge in [0.15, 0.2) is 17.2 Å². The lowest BCUT2D eigenvalue weighted by Crippen LogP contribution is -2.42. The number of hydrogen-bond donors (Lipinski definition) is 2. The third kappa shape index (κ3) is 2.82. The summed E-state index contributed by atoms with van der Waals surface area (Å²) in [5.41, 5.74) is -1.84. The van der Waals surface area contributed by atoms with E-state index in [-0.39, 0.29) is 47.4 Å². The lowest BCUT2D eigenvalue weighted by atomic mass is 9.77. The van der Waals surface area contributed by atoms with Crippen LogP contribution in [0.3, 0.4) is 0 Å². The van der Waals surface area contributed by atoms with Crippen molar-refractivity contribution in [3.05, 3.63) is 11.6 Å². The molecule has 3 rings (SSSR count). The monoisotopic (exact) mass is 348 g/mol. The van der Waals surface area contributed by atoms with Crippen LogP contribution >= 0.6 is 0 Å². The van der Waals surface area contributed by atoms with Gasteiger partial charge >= 0.3 is 0 Å². The standard InChI is InChI=1S/C21H32O4/c1-12-8-15-14(19(15,3)4)6-7-20(5,11-22)10-16-17(23)13(2)9-21(16,25)18(12)24/h10,12-15,22,25H,6-9,11H2,1-5H3/b16-10-/t12-,13?,14+,15?,20+,21+/m1/s1. The number of hydrogen-bond acceptors (Lipinski definition) is 4. The first-order valence-electron chi connectivity index (χ1n) is 9.61. The Balaban J connectivity index is 2.07. The molecule has 0 aliphatic heterocycles. The van der Waals surface area contributed by atoms with Crippen LogP contribution in [0.2, 0.25) is 0 Å². The number of ketones is 2. The molecule has 3 aliphatic rings. The van der Waals surface area contributed by atoms with E-state index in [2.05, 4.69) is 13.8 Å². The summed E-state index contributed by atoms with van der Waals surface area (Å²) in [4.78, 5) is 25.8. The fourth-order valence-corrected chi connectivity index (χ4v) is 5.36. The van der Waals surface area contributed by atoms with E-state index in [0.29, 0.717) is 11.8 Å². The van der Waals surface area contributed by atoms with Crippen LogP contribution in [0, 0.1) is 34.5 Å². The number of Topliss-reactive ketones (excluding diaryl/α,β-unsaturated/α-hetero) is 2. The molecule has 0 spiro atoms. The summed E-state index contributed by atoms with van der Waals surface area (Å²) in [6.07, 6.45) is 4.39. The highest BCUT2D eigenvalue weighted by Gasteiger charge is 2.60. The van der Waals surface area contributed by atoms with E-state index in [4.69, 9.17) is 0 Å². The molecule has 3 aliphatic carbocycles. The highest BCUT2D eigenvalue weighted by Crippen LogP contribution is 2.64. The number of rotatable bonds is 1. The van der Waals surface area contributed by atoms with Crippen molar-refractivity contribution in [1.82, 2.24) is 0 Å². The summed E-state index contributed by atoms with van der Waals surface area (Å²) < 4.78 is 0. The van der Waals surface area contributed by atoms with Crippen LogP contribution in [0.4, 0.5) is 0 Å². The van der Waals surface area contributed by atoms with Gasteiger partial charge in [-0.3, -0.25) is 9.59 Å². The Labute approximate surface area is 150 Å². The van der Waals surface area contributed by atoms with Crippen LogP contribution in [0.1, 0.15) is 60.3 Å². The molecule has 0 heterocycles. The highest BCUT2D eigenvalue weighted by atomic mass is 16.3.